The van der Waals surface area contributed by atoms with E-state index < -0.39 is 0 Å². The first kappa shape index (κ1) is 12.8. The number of halogens is 1. The van der Waals surface area contributed by atoms with E-state index in [0.717, 1.165) is 10.6 Å². The number of carbonyl (C=O) groups is 1. The van der Waals surface area contributed by atoms with Gasteiger partial charge >= 0.3 is 0 Å². The molecular formula is C13H11ClN2OS. The Balaban J connectivity index is 1.85. The van der Waals surface area contributed by atoms with Gasteiger partial charge in [-0.25, -0.2) is 4.98 Å². The molecule has 1 aromatic carbocycles. The minimum atomic E-state index is -0.139. The summed E-state index contributed by atoms with van der Waals surface area (Å²) in [6, 6.07) is 7.28. The van der Waals surface area contributed by atoms with Crippen molar-refractivity contribution in [2.75, 3.05) is 0 Å². The molecule has 5 heteroatoms. The fraction of sp³-hybridized carbons (Fsp3) is 0.0769. The summed E-state index contributed by atoms with van der Waals surface area (Å²) >= 11 is 7.29. The van der Waals surface area contributed by atoms with E-state index in [1.807, 2.05) is 17.5 Å². The number of nitrogens with one attached hydrogen (secondary N) is 1. The molecule has 1 N–H and O–H groups in total. The molecule has 0 aliphatic carbocycles. The van der Waals surface area contributed by atoms with Gasteiger partial charge in [0.05, 0.1) is 6.54 Å². The molecule has 0 radical (unpaired) electrons. The SMILES string of the molecule is O=C(/C=C/c1ccc(Cl)cc1)NCc1nccs1. The lowest BCUT2D eigenvalue weighted by Gasteiger charge is -1.98. The van der Waals surface area contributed by atoms with Gasteiger partial charge in [0.2, 0.25) is 5.91 Å². The highest BCUT2D eigenvalue weighted by atomic mass is 35.5. The first-order valence-corrected chi connectivity index (χ1v) is 6.59. The van der Waals surface area contributed by atoms with Crippen LogP contribution in [0.25, 0.3) is 6.08 Å². The van der Waals surface area contributed by atoms with Gasteiger partial charge in [0.25, 0.3) is 0 Å². The van der Waals surface area contributed by atoms with Crippen LogP contribution in [0.5, 0.6) is 0 Å². The number of hydrogen-bond donors (Lipinski definition) is 1. The lowest BCUT2D eigenvalue weighted by atomic mass is 10.2. The van der Waals surface area contributed by atoms with Crippen LogP contribution < -0.4 is 5.32 Å². The van der Waals surface area contributed by atoms with Gasteiger partial charge in [-0.15, -0.1) is 11.3 Å². The lowest BCUT2D eigenvalue weighted by Crippen LogP contribution is -2.19. The molecule has 0 bridgehead atoms. The maximum absolute atomic E-state index is 11.5. The van der Waals surface area contributed by atoms with Crippen LogP contribution in [0, 0.1) is 0 Å². The molecule has 0 spiro atoms. The highest BCUT2D eigenvalue weighted by molar-refractivity contribution is 7.09. The number of amides is 1. The van der Waals surface area contributed by atoms with Crippen LogP contribution in [0.15, 0.2) is 41.9 Å². The van der Waals surface area contributed by atoms with Gasteiger partial charge in [-0.1, -0.05) is 23.7 Å². The van der Waals surface area contributed by atoms with E-state index in [4.69, 9.17) is 11.6 Å². The third-order valence-corrected chi connectivity index (χ3v) is 3.23. The molecule has 0 aliphatic rings. The van der Waals surface area contributed by atoms with Gasteiger partial charge in [-0.3, -0.25) is 4.79 Å². The zero-order chi connectivity index (χ0) is 12.8. The van der Waals surface area contributed by atoms with Crippen molar-refractivity contribution in [2.45, 2.75) is 6.54 Å². The van der Waals surface area contributed by atoms with Crippen LogP contribution in [0.4, 0.5) is 0 Å². The normalized spacial score (nSPS) is 10.7. The Morgan fingerprint density at radius 3 is 2.83 bits per heavy atom. The topological polar surface area (TPSA) is 42.0 Å². The third kappa shape index (κ3) is 3.98. The first-order chi connectivity index (χ1) is 8.74. The fourth-order valence-electron chi connectivity index (χ4n) is 1.31. The van der Waals surface area contributed by atoms with E-state index in [-0.39, 0.29) is 5.91 Å². The number of benzene rings is 1. The summed E-state index contributed by atoms with van der Waals surface area (Å²) in [6.45, 7) is 0.460. The molecule has 3 nitrogen and oxygen atoms in total. The van der Waals surface area contributed by atoms with Gasteiger partial charge in [0.1, 0.15) is 5.01 Å². The Kier molecular flexibility index (Phi) is 4.50. The number of carbonyl (C=O) groups excluding carboxylic acids is 1. The molecule has 2 aromatic rings. The van der Waals surface area contributed by atoms with E-state index in [2.05, 4.69) is 10.3 Å². The highest BCUT2D eigenvalue weighted by Gasteiger charge is 1.98. The van der Waals surface area contributed by atoms with E-state index in [0.29, 0.717) is 11.6 Å². The largest absolute Gasteiger partial charge is 0.346 e. The van der Waals surface area contributed by atoms with E-state index in [1.54, 1.807) is 24.4 Å². The molecule has 0 saturated heterocycles. The minimum Gasteiger partial charge on any atom is -0.346 e. The summed E-state index contributed by atoms with van der Waals surface area (Å²) in [5.74, 6) is -0.139. The van der Waals surface area contributed by atoms with Crippen molar-refractivity contribution in [1.29, 1.82) is 0 Å². The predicted molar refractivity (Wildman–Crippen MR) is 74.4 cm³/mol. The zero-order valence-corrected chi connectivity index (χ0v) is 11.0. The molecule has 1 heterocycles. The smallest absolute Gasteiger partial charge is 0.244 e. The predicted octanol–water partition coefficient (Wildman–Crippen LogP) is 3.13. The molecule has 0 saturated carbocycles. The van der Waals surface area contributed by atoms with Crippen molar-refractivity contribution in [1.82, 2.24) is 10.3 Å². The highest BCUT2D eigenvalue weighted by Crippen LogP contribution is 2.10. The summed E-state index contributed by atoms with van der Waals surface area (Å²) in [6.07, 6.45) is 4.96. The summed E-state index contributed by atoms with van der Waals surface area (Å²) in [5, 5.41) is 6.22. The van der Waals surface area contributed by atoms with Crippen molar-refractivity contribution in [3.8, 4) is 0 Å². The Labute approximate surface area is 114 Å². The van der Waals surface area contributed by atoms with E-state index in [9.17, 15) is 4.79 Å². The van der Waals surface area contributed by atoms with Crippen molar-refractivity contribution >= 4 is 34.9 Å². The number of rotatable bonds is 4. The van der Waals surface area contributed by atoms with Crippen molar-refractivity contribution in [3.63, 3.8) is 0 Å². The number of aromatic nitrogens is 1. The minimum absolute atomic E-state index is 0.139. The van der Waals surface area contributed by atoms with Crippen LogP contribution in [0.3, 0.4) is 0 Å². The Bertz CT molecular complexity index is 535. The summed E-state index contributed by atoms with van der Waals surface area (Å²) in [4.78, 5) is 15.6. The van der Waals surface area contributed by atoms with Crippen LogP contribution in [-0.2, 0) is 11.3 Å². The molecule has 18 heavy (non-hydrogen) atoms. The van der Waals surface area contributed by atoms with Gasteiger partial charge in [0.15, 0.2) is 0 Å². The maximum atomic E-state index is 11.5. The number of hydrogen-bond acceptors (Lipinski definition) is 3. The van der Waals surface area contributed by atoms with Crippen LogP contribution >= 0.6 is 22.9 Å². The summed E-state index contributed by atoms with van der Waals surface area (Å²) < 4.78 is 0. The average molecular weight is 279 g/mol. The molecule has 0 aliphatic heterocycles. The Morgan fingerprint density at radius 1 is 1.39 bits per heavy atom. The van der Waals surface area contributed by atoms with Crippen molar-refractivity contribution in [2.24, 2.45) is 0 Å². The zero-order valence-electron chi connectivity index (χ0n) is 9.47. The second kappa shape index (κ2) is 6.33. The molecule has 1 amide bonds. The maximum Gasteiger partial charge on any atom is 0.244 e. The molecule has 0 fully saturated rings. The van der Waals surface area contributed by atoms with E-state index in [1.165, 1.54) is 17.4 Å². The molecular weight excluding hydrogens is 268 g/mol. The standard InChI is InChI=1S/C13H11ClN2OS/c14-11-4-1-10(2-5-11)3-6-12(17)16-9-13-15-7-8-18-13/h1-8H,9H2,(H,16,17)/b6-3+. The fourth-order valence-corrected chi connectivity index (χ4v) is 1.99. The Morgan fingerprint density at radius 2 is 2.17 bits per heavy atom. The van der Waals surface area contributed by atoms with Crippen LogP contribution in [-0.4, -0.2) is 10.9 Å². The molecule has 92 valence electrons. The monoisotopic (exact) mass is 278 g/mol. The Hall–Kier alpha value is -1.65. The number of thiazole rings is 1. The second-order valence-corrected chi connectivity index (χ2v) is 4.94. The van der Waals surface area contributed by atoms with Gasteiger partial charge in [-0.05, 0) is 23.8 Å². The molecule has 0 unspecified atom stereocenters. The summed E-state index contributed by atoms with van der Waals surface area (Å²) in [7, 11) is 0. The average Bonchev–Trinajstić information content (AvgIpc) is 2.89. The second-order valence-electron chi connectivity index (χ2n) is 3.53. The number of nitrogens with zero attached hydrogens (tertiary/aromatic N) is 1. The van der Waals surface area contributed by atoms with Crippen molar-refractivity contribution in [3.05, 3.63) is 57.5 Å². The first-order valence-electron chi connectivity index (χ1n) is 5.34. The molecule has 2 rings (SSSR count). The van der Waals surface area contributed by atoms with Gasteiger partial charge in [0, 0.05) is 22.7 Å². The van der Waals surface area contributed by atoms with Crippen LogP contribution in [0.1, 0.15) is 10.6 Å². The van der Waals surface area contributed by atoms with E-state index >= 15 is 0 Å². The lowest BCUT2D eigenvalue weighted by molar-refractivity contribution is -0.116. The van der Waals surface area contributed by atoms with Gasteiger partial charge < -0.3 is 5.32 Å². The summed E-state index contributed by atoms with van der Waals surface area (Å²) in [5.41, 5.74) is 0.934. The molecule has 1 aromatic heterocycles. The van der Waals surface area contributed by atoms with Crippen molar-refractivity contribution < 1.29 is 4.79 Å². The van der Waals surface area contributed by atoms with Gasteiger partial charge in [-0.2, -0.15) is 0 Å². The quantitative estimate of drug-likeness (QED) is 0.873. The molecule has 0 atom stereocenters. The third-order valence-electron chi connectivity index (χ3n) is 2.19. The van der Waals surface area contributed by atoms with Crippen LogP contribution in [0.2, 0.25) is 5.02 Å².